The summed E-state index contributed by atoms with van der Waals surface area (Å²) in [4.78, 5) is 8.28. The molecular formula is C18H15ClFN3O2. The summed E-state index contributed by atoms with van der Waals surface area (Å²) in [5, 5.41) is 13.7. The first kappa shape index (κ1) is 17.1. The Balaban J connectivity index is 1.61. The Morgan fingerprint density at radius 3 is 2.52 bits per heavy atom. The summed E-state index contributed by atoms with van der Waals surface area (Å²) >= 11 is 5.83. The molecule has 2 N–H and O–H groups in total. The molecule has 128 valence electrons. The first-order chi connectivity index (χ1) is 12.1. The molecule has 0 spiro atoms. The fourth-order valence-electron chi connectivity index (χ4n) is 2.10. The standard InChI is InChI=1S/C18H15ClFN3O2/c19-13-3-1-12(2-4-13)16(24)11-22-18-21-10-9-17(23-18)25-15-7-5-14(20)6-8-15/h1-10,16,24H,11H2,(H,21,22,23). The molecule has 3 aromatic rings. The van der Waals surface area contributed by atoms with Gasteiger partial charge in [0.05, 0.1) is 6.10 Å². The Morgan fingerprint density at radius 2 is 1.80 bits per heavy atom. The van der Waals surface area contributed by atoms with Crippen LogP contribution in [0.1, 0.15) is 11.7 Å². The van der Waals surface area contributed by atoms with Gasteiger partial charge in [-0.25, -0.2) is 9.37 Å². The number of anilines is 1. The summed E-state index contributed by atoms with van der Waals surface area (Å²) in [5.74, 6) is 0.749. The third kappa shape index (κ3) is 4.89. The number of nitrogens with zero attached hydrogens (tertiary/aromatic N) is 2. The Morgan fingerprint density at radius 1 is 1.08 bits per heavy atom. The summed E-state index contributed by atoms with van der Waals surface area (Å²) in [6.07, 6.45) is 0.797. The molecule has 25 heavy (non-hydrogen) atoms. The van der Waals surface area contributed by atoms with E-state index in [4.69, 9.17) is 16.3 Å². The van der Waals surface area contributed by atoms with E-state index in [-0.39, 0.29) is 12.4 Å². The summed E-state index contributed by atoms with van der Waals surface area (Å²) in [6.45, 7) is 0.224. The van der Waals surface area contributed by atoms with Crippen LogP contribution in [0.25, 0.3) is 0 Å². The largest absolute Gasteiger partial charge is 0.439 e. The highest BCUT2D eigenvalue weighted by Crippen LogP contribution is 2.21. The van der Waals surface area contributed by atoms with Crippen LogP contribution in [0.5, 0.6) is 11.6 Å². The number of halogens is 2. The second-order valence-electron chi connectivity index (χ2n) is 5.22. The SMILES string of the molecule is OC(CNc1nccc(Oc2ccc(F)cc2)n1)c1ccc(Cl)cc1. The minimum absolute atomic E-state index is 0.224. The van der Waals surface area contributed by atoms with Gasteiger partial charge in [-0.2, -0.15) is 4.98 Å². The van der Waals surface area contributed by atoms with Crippen LogP contribution in [-0.2, 0) is 0 Å². The highest BCUT2D eigenvalue weighted by molar-refractivity contribution is 6.30. The zero-order valence-electron chi connectivity index (χ0n) is 13.1. The number of aliphatic hydroxyl groups excluding tert-OH is 1. The van der Waals surface area contributed by atoms with E-state index in [2.05, 4.69) is 15.3 Å². The molecule has 0 bridgehead atoms. The van der Waals surface area contributed by atoms with Crippen molar-refractivity contribution in [1.29, 1.82) is 0 Å². The molecule has 1 unspecified atom stereocenters. The van der Waals surface area contributed by atoms with Crippen molar-refractivity contribution in [2.75, 3.05) is 11.9 Å². The molecule has 0 aliphatic rings. The summed E-state index contributed by atoms with van der Waals surface area (Å²) in [7, 11) is 0. The van der Waals surface area contributed by atoms with Gasteiger partial charge in [-0.05, 0) is 42.0 Å². The van der Waals surface area contributed by atoms with Crippen LogP contribution >= 0.6 is 11.6 Å². The van der Waals surface area contributed by atoms with Gasteiger partial charge in [-0.15, -0.1) is 0 Å². The maximum atomic E-state index is 12.9. The van der Waals surface area contributed by atoms with Crippen LogP contribution in [0.3, 0.4) is 0 Å². The molecule has 0 aliphatic carbocycles. The minimum atomic E-state index is -0.734. The average Bonchev–Trinajstić information content (AvgIpc) is 2.63. The lowest BCUT2D eigenvalue weighted by Crippen LogP contribution is -2.13. The maximum Gasteiger partial charge on any atom is 0.226 e. The van der Waals surface area contributed by atoms with Crippen molar-refractivity contribution >= 4 is 17.5 Å². The van der Waals surface area contributed by atoms with Crippen LogP contribution in [0.4, 0.5) is 10.3 Å². The molecule has 0 saturated heterocycles. The van der Waals surface area contributed by atoms with Crippen molar-refractivity contribution in [3.8, 4) is 11.6 Å². The molecule has 3 rings (SSSR count). The summed E-state index contributed by atoms with van der Waals surface area (Å²) in [5.41, 5.74) is 0.732. The molecule has 5 nitrogen and oxygen atoms in total. The van der Waals surface area contributed by atoms with Crippen molar-refractivity contribution in [2.24, 2.45) is 0 Å². The topological polar surface area (TPSA) is 67.3 Å². The first-order valence-corrected chi connectivity index (χ1v) is 7.92. The predicted molar refractivity (Wildman–Crippen MR) is 93.4 cm³/mol. The quantitative estimate of drug-likeness (QED) is 0.690. The van der Waals surface area contributed by atoms with Gasteiger partial charge in [0.2, 0.25) is 11.8 Å². The van der Waals surface area contributed by atoms with Gasteiger partial charge in [-0.3, -0.25) is 0 Å². The van der Waals surface area contributed by atoms with Gasteiger partial charge < -0.3 is 15.2 Å². The molecular weight excluding hydrogens is 345 g/mol. The lowest BCUT2D eigenvalue weighted by Gasteiger charge is -2.12. The number of aliphatic hydroxyl groups is 1. The highest BCUT2D eigenvalue weighted by atomic mass is 35.5. The minimum Gasteiger partial charge on any atom is -0.439 e. The van der Waals surface area contributed by atoms with Crippen molar-refractivity contribution < 1.29 is 14.2 Å². The monoisotopic (exact) mass is 359 g/mol. The summed E-state index contributed by atoms with van der Waals surface area (Å²) in [6, 6.07) is 14.2. The fraction of sp³-hybridized carbons (Fsp3) is 0.111. The van der Waals surface area contributed by atoms with E-state index in [0.29, 0.717) is 22.6 Å². The molecule has 2 aromatic carbocycles. The van der Waals surface area contributed by atoms with Gasteiger partial charge >= 0.3 is 0 Å². The van der Waals surface area contributed by atoms with Crippen LogP contribution in [0.15, 0.2) is 60.8 Å². The Kier molecular flexibility index (Phi) is 5.42. The zero-order valence-corrected chi connectivity index (χ0v) is 13.8. The van der Waals surface area contributed by atoms with E-state index < -0.39 is 6.10 Å². The number of hydrogen-bond acceptors (Lipinski definition) is 5. The van der Waals surface area contributed by atoms with Crippen molar-refractivity contribution in [3.05, 3.63) is 77.2 Å². The Hall–Kier alpha value is -2.70. The fourth-order valence-corrected chi connectivity index (χ4v) is 2.22. The predicted octanol–water partition coefficient (Wildman–Crippen LogP) is 4.21. The molecule has 1 atom stereocenters. The van der Waals surface area contributed by atoms with Crippen molar-refractivity contribution in [1.82, 2.24) is 9.97 Å². The Labute approximate surface area is 149 Å². The zero-order chi connectivity index (χ0) is 17.6. The smallest absolute Gasteiger partial charge is 0.226 e. The first-order valence-electron chi connectivity index (χ1n) is 7.54. The van der Waals surface area contributed by atoms with Gasteiger partial charge in [0, 0.05) is 23.8 Å². The lowest BCUT2D eigenvalue weighted by atomic mass is 10.1. The van der Waals surface area contributed by atoms with E-state index in [9.17, 15) is 9.50 Å². The van der Waals surface area contributed by atoms with E-state index >= 15 is 0 Å². The molecule has 0 saturated carbocycles. The molecule has 0 fully saturated rings. The summed E-state index contributed by atoms with van der Waals surface area (Å²) < 4.78 is 18.4. The maximum absolute atomic E-state index is 12.9. The molecule has 0 radical (unpaired) electrons. The average molecular weight is 360 g/mol. The third-order valence-corrected chi connectivity index (χ3v) is 3.63. The number of ether oxygens (including phenoxy) is 1. The van der Waals surface area contributed by atoms with E-state index in [1.165, 1.54) is 30.5 Å². The van der Waals surface area contributed by atoms with Gasteiger partial charge in [-0.1, -0.05) is 23.7 Å². The van der Waals surface area contributed by atoms with Crippen LogP contribution in [0.2, 0.25) is 5.02 Å². The molecule has 7 heteroatoms. The van der Waals surface area contributed by atoms with Gasteiger partial charge in [0.25, 0.3) is 0 Å². The number of rotatable bonds is 6. The number of aromatic nitrogens is 2. The molecule has 0 amide bonds. The molecule has 1 heterocycles. The number of benzene rings is 2. The molecule has 0 aliphatic heterocycles. The lowest BCUT2D eigenvalue weighted by molar-refractivity contribution is 0.191. The van der Waals surface area contributed by atoms with Crippen LogP contribution in [0, 0.1) is 5.82 Å². The molecule has 1 aromatic heterocycles. The second kappa shape index (κ2) is 7.92. The second-order valence-corrected chi connectivity index (χ2v) is 5.66. The van der Waals surface area contributed by atoms with Gasteiger partial charge in [0.1, 0.15) is 11.6 Å². The third-order valence-electron chi connectivity index (χ3n) is 3.37. The van der Waals surface area contributed by atoms with Crippen molar-refractivity contribution in [2.45, 2.75) is 6.10 Å². The number of hydrogen-bond donors (Lipinski definition) is 2. The Bertz CT molecular complexity index is 828. The van der Waals surface area contributed by atoms with E-state index in [0.717, 1.165) is 5.56 Å². The van der Waals surface area contributed by atoms with E-state index in [1.807, 2.05) is 0 Å². The highest BCUT2D eigenvalue weighted by Gasteiger charge is 2.09. The van der Waals surface area contributed by atoms with E-state index in [1.54, 1.807) is 30.3 Å². The van der Waals surface area contributed by atoms with Crippen LogP contribution in [-0.4, -0.2) is 21.6 Å². The van der Waals surface area contributed by atoms with Crippen LogP contribution < -0.4 is 10.1 Å². The van der Waals surface area contributed by atoms with Crippen molar-refractivity contribution in [3.63, 3.8) is 0 Å². The van der Waals surface area contributed by atoms with Gasteiger partial charge in [0.15, 0.2) is 0 Å². The number of nitrogens with one attached hydrogen (secondary N) is 1. The normalized spacial score (nSPS) is 11.8.